The molecule has 0 spiro atoms. The Bertz CT molecular complexity index is 728. The predicted octanol–water partition coefficient (Wildman–Crippen LogP) is 1.25. The Hall–Kier alpha value is -2.67. The lowest BCUT2D eigenvalue weighted by Crippen LogP contribution is -2.51. The Morgan fingerprint density at radius 1 is 1.29 bits per heavy atom. The summed E-state index contributed by atoms with van der Waals surface area (Å²) < 4.78 is 7.03. The number of amides is 1. The van der Waals surface area contributed by atoms with E-state index in [0.717, 1.165) is 5.56 Å². The van der Waals surface area contributed by atoms with Crippen molar-refractivity contribution in [2.75, 3.05) is 13.1 Å². The van der Waals surface area contributed by atoms with Crippen molar-refractivity contribution in [3.63, 3.8) is 0 Å². The highest BCUT2D eigenvalue weighted by Gasteiger charge is 2.33. The fourth-order valence-electron chi connectivity index (χ4n) is 2.77. The van der Waals surface area contributed by atoms with Crippen LogP contribution in [0.1, 0.15) is 22.8 Å². The van der Waals surface area contributed by atoms with Crippen LogP contribution in [0.2, 0.25) is 0 Å². The molecule has 0 radical (unpaired) electrons. The summed E-state index contributed by atoms with van der Waals surface area (Å²) in [6.07, 6.45) is 1.90. The number of carbonyl (C=O) groups is 2. The minimum atomic E-state index is -1.06. The lowest BCUT2D eigenvalue weighted by atomic mass is 10.2. The molecule has 7 nitrogen and oxygen atoms in total. The standard InChI is InChI=1S/C17H19N3O4/c1-12-8-19(11-15(24-12)17(22)23)16(21)14-7-18-20(10-14)9-13-5-3-2-4-6-13/h2-7,10,12,15H,8-9,11H2,1H3,(H,22,23)/t12-,15?/m1/s1. The zero-order valence-electron chi connectivity index (χ0n) is 13.3. The molecule has 1 aliphatic rings. The van der Waals surface area contributed by atoms with E-state index < -0.39 is 12.1 Å². The van der Waals surface area contributed by atoms with Crippen molar-refractivity contribution < 1.29 is 19.4 Å². The van der Waals surface area contributed by atoms with Crippen molar-refractivity contribution in [2.45, 2.75) is 25.7 Å². The molecule has 3 rings (SSSR count). The number of ether oxygens (including phenoxy) is 1. The molecule has 1 aromatic carbocycles. The normalized spacial score (nSPS) is 20.8. The highest BCUT2D eigenvalue weighted by molar-refractivity contribution is 5.94. The summed E-state index contributed by atoms with van der Waals surface area (Å²) in [7, 11) is 0. The smallest absolute Gasteiger partial charge is 0.334 e. The fourth-order valence-corrected chi connectivity index (χ4v) is 2.77. The molecule has 2 atom stereocenters. The molecule has 1 saturated heterocycles. The maximum absolute atomic E-state index is 12.6. The second-order valence-electron chi connectivity index (χ2n) is 5.90. The van der Waals surface area contributed by atoms with Crippen molar-refractivity contribution in [3.8, 4) is 0 Å². The van der Waals surface area contributed by atoms with Gasteiger partial charge in [-0.05, 0) is 12.5 Å². The highest BCUT2D eigenvalue weighted by atomic mass is 16.5. The van der Waals surface area contributed by atoms with Crippen LogP contribution in [-0.4, -0.2) is 57.0 Å². The molecule has 1 N–H and O–H groups in total. The molecular weight excluding hydrogens is 310 g/mol. The van der Waals surface area contributed by atoms with Crippen LogP contribution in [0.4, 0.5) is 0 Å². The number of aliphatic carboxylic acids is 1. The molecule has 0 saturated carbocycles. The van der Waals surface area contributed by atoms with Gasteiger partial charge in [0.1, 0.15) is 0 Å². The van der Waals surface area contributed by atoms with Crippen LogP contribution in [-0.2, 0) is 16.1 Å². The first-order valence-electron chi connectivity index (χ1n) is 7.77. The van der Waals surface area contributed by atoms with Crippen molar-refractivity contribution in [1.82, 2.24) is 14.7 Å². The van der Waals surface area contributed by atoms with Crippen molar-refractivity contribution in [3.05, 3.63) is 53.9 Å². The summed E-state index contributed by atoms with van der Waals surface area (Å²) in [6, 6.07) is 9.83. The second-order valence-corrected chi connectivity index (χ2v) is 5.90. The van der Waals surface area contributed by atoms with E-state index >= 15 is 0 Å². The molecule has 2 aromatic rings. The van der Waals surface area contributed by atoms with Gasteiger partial charge < -0.3 is 14.7 Å². The number of carboxylic acids is 1. The molecule has 1 unspecified atom stereocenters. The Morgan fingerprint density at radius 2 is 2.04 bits per heavy atom. The predicted molar refractivity (Wildman–Crippen MR) is 85.6 cm³/mol. The van der Waals surface area contributed by atoms with E-state index in [4.69, 9.17) is 9.84 Å². The zero-order chi connectivity index (χ0) is 17.1. The van der Waals surface area contributed by atoms with Gasteiger partial charge in [-0.1, -0.05) is 30.3 Å². The van der Waals surface area contributed by atoms with Crippen LogP contribution in [0.5, 0.6) is 0 Å². The summed E-state index contributed by atoms with van der Waals surface area (Å²) in [6.45, 7) is 2.74. The molecule has 126 valence electrons. The average Bonchev–Trinajstić information content (AvgIpc) is 3.03. The fraction of sp³-hybridized carbons (Fsp3) is 0.353. The molecule has 1 fully saturated rings. The molecule has 1 amide bonds. The Kier molecular flexibility index (Phi) is 4.61. The van der Waals surface area contributed by atoms with Crippen molar-refractivity contribution >= 4 is 11.9 Å². The number of hydrogen-bond acceptors (Lipinski definition) is 4. The third-order valence-electron chi connectivity index (χ3n) is 3.89. The van der Waals surface area contributed by atoms with E-state index in [9.17, 15) is 9.59 Å². The molecule has 0 aliphatic carbocycles. The molecule has 24 heavy (non-hydrogen) atoms. The van der Waals surface area contributed by atoms with Gasteiger partial charge in [-0.15, -0.1) is 0 Å². The Labute approximate surface area is 139 Å². The quantitative estimate of drug-likeness (QED) is 0.912. The van der Waals surface area contributed by atoms with Crippen LogP contribution in [0, 0.1) is 0 Å². The van der Waals surface area contributed by atoms with Gasteiger partial charge in [0.05, 0.1) is 31.0 Å². The second kappa shape index (κ2) is 6.84. The highest BCUT2D eigenvalue weighted by Crippen LogP contribution is 2.15. The molecule has 1 aromatic heterocycles. The summed E-state index contributed by atoms with van der Waals surface area (Å²) in [5.41, 5.74) is 1.54. The molecular formula is C17H19N3O4. The van der Waals surface area contributed by atoms with Crippen molar-refractivity contribution in [1.29, 1.82) is 0 Å². The summed E-state index contributed by atoms with van der Waals surface area (Å²) in [4.78, 5) is 25.2. The van der Waals surface area contributed by atoms with Crippen LogP contribution < -0.4 is 0 Å². The monoisotopic (exact) mass is 329 g/mol. The van der Waals surface area contributed by atoms with Gasteiger partial charge in [-0.3, -0.25) is 9.48 Å². The van der Waals surface area contributed by atoms with E-state index in [1.165, 1.54) is 11.1 Å². The molecule has 1 aliphatic heterocycles. The summed E-state index contributed by atoms with van der Waals surface area (Å²) in [5, 5.41) is 13.3. The van der Waals surface area contributed by atoms with Gasteiger partial charge in [0.2, 0.25) is 0 Å². The molecule has 0 bridgehead atoms. The van der Waals surface area contributed by atoms with Crippen LogP contribution >= 0.6 is 0 Å². The lowest BCUT2D eigenvalue weighted by Gasteiger charge is -2.34. The Balaban J connectivity index is 1.70. The van der Waals surface area contributed by atoms with E-state index in [1.807, 2.05) is 30.3 Å². The SMILES string of the molecule is C[C@@H]1CN(C(=O)c2cnn(Cc3ccccc3)c2)CC(C(=O)O)O1. The van der Waals surface area contributed by atoms with Gasteiger partial charge in [0.15, 0.2) is 6.10 Å². The summed E-state index contributed by atoms with van der Waals surface area (Å²) >= 11 is 0. The van der Waals surface area contributed by atoms with Crippen LogP contribution in [0.3, 0.4) is 0 Å². The number of nitrogens with zero attached hydrogens (tertiary/aromatic N) is 3. The first-order chi connectivity index (χ1) is 11.5. The van der Waals surface area contributed by atoms with E-state index in [0.29, 0.717) is 18.7 Å². The summed E-state index contributed by atoms with van der Waals surface area (Å²) in [5.74, 6) is -1.28. The van der Waals surface area contributed by atoms with Gasteiger partial charge in [-0.25, -0.2) is 4.79 Å². The maximum Gasteiger partial charge on any atom is 0.334 e. The van der Waals surface area contributed by atoms with Crippen molar-refractivity contribution in [2.24, 2.45) is 0 Å². The Morgan fingerprint density at radius 3 is 2.75 bits per heavy atom. The van der Waals surface area contributed by atoms with Crippen LogP contribution in [0.25, 0.3) is 0 Å². The molecule has 7 heteroatoms. The number of carboxylic acid groups (broad SMARTS) is 1. The van der Waals surface area contributed by atoms with Gasteiger partial charge >= 0.3 is 5.97 Å². The topological polar surface area (TPSA) is 84.7 Å². The van der Waals surface area contributed by atoms with E-state index in [-0.39, 0.29) is 18.6 Å². The van der Waals surface area contributed by atoms with Gasteiger partial charge in [0.25, 0.3) is 5.91 Å². The number of aromatic nitrogens is 2. The molecule has 2 heterocycles. The van der Waals surface area contributed by atoms with E-state index in [2.05, 4.69) is 5.10 Å². The third kappa shape index (κ3) is 3.62. The maximum atomic E-state index is 12.6. The van der Waals surface area contributed by atoms with Gasteiger partial charge in [0, 0.05) is 12.7 Å². The average molecular weight is 329 g/mol. The number of carbonyl (C=O) groups excluding carboxylic acids is 1. The minimum Gasteiger partial charge on any atom is -0.479 e. The van der Waals surface area contributed by atoms with E-state index in [1.54, 1.807) is 17.8 Å². The third-order valence-corrected chi connectivity index (χ3v) is 3.89. The number of rotatable bonds is 4. The first kappa shape index (κ1) is 16.2. The number of morpholine rings is 1. The number of benzene rings is 1. The first-order valence-corrected chi connectivity index (χ1v) is 7.77. The lowest BCUT2D eigenvalue weighted by molar-refractivity contribution is -0.160. The minimum absolute atomic E-state index is 0.0440. The van der Waals surface area contributed by atoms with Gasteiger partial charge in [-0.2, -0.15) is 5.10 Å². The zero-order valence-corrected chi connectivity index (χ0v) is 13.3. The van der Waals surface area contributed by atoms with Crippen LogP contribution in [0.15, 0.2) is 42.7 Å². The largest absolute Gasteiger partial charge is 0.479 e. The number of hydrogen-bond donors (Lipinski definition) is 1.